The average molecular weight is 359 g/mol. The summed E-state index contributed by atoms with van der Waals surface area (Å²) in [5.41, 5.74) is 2.90. The number of nitrogens with zero attached hydrogens (tertiary/aromatic N) is 2. The zero-order valence-corrected chi connectivity index (χ0v) is 17.2. The van der Waals surface area contributed by atoms with Gasteiger partial charge in [0.05, 0.1) is 5.70 Å². The molecule has 0 bridgehead atoms. The highest BCUT2D eigenvalue weighted by atomic mass is 16.6. The molecule has 0 aliphatic carbocycles. The van der Waals surface area contributed by atoms with E-state index in [2.05, 4.69) is 56.3 Å². The Morgan fingerprint density at radius 1 is 1.31 bits per heavy atom. The van der Waals surface area contributed by atoms with E-state index in [-0.39, 0.29) is 6.09 Å². The van der Waals surface area contributed by atoms with Crippen LogP contribution < -0.4 is 0 Å². The van der Waals surface area contributed by atoms with Crippen molar-refractivity contribution in [3.8, 4) is 0 Å². The van der Waals surface area contributed by atoms with E-state index in [1.807, 2.05) is 20.8 Å². The summed E-state index contributed by atoms with van der Waals surface area (Å²) >= 11 is 0. The maximum absolute atomic E-state index is 12.7. The normalized spacial score (nSPS) is 18.0. The second-order valence-electron chi connectivity index (χ2n) is 8.63. The van der Waals surface area contributed by atoms with Crippen molar-refractivity contribution in [2.75, 3.05) is 27.2 Å². The van der Waals surface area contributed by atoms with Crippen molar-refractivity contribution in [2.24, 2.45) is 5.92 Å². The molecular weight excluding hydrogens is 324 g/mol. The molecule has 0 saturated carbocycles. The fourth-order valence-electron chi connectivity index (χ4n) is 3.16. The molecular formula is C22H34N2O2. The van der Waals surface area contributed by atoms with E-state index in [0.29, 0.717) is 12.5 Å². The van der Waals surface area contributed by atoms with Crippen molar-refractivity contribution in [1.82, 2.24) is 9.80 Å². The summed E-state index contributed by atoms with van der Waals surface area (Å²) < 4.78 is 5.64. The third-order valence-corrected chi connectivity index (χ3v) is 4.41. The van der Waals surface area contributed by atoms with Gasteiger partial charge in [-0.05, 0) is 83.8 Å². The number of rotatable bonds is 5. The molecule has 4 nitrogen and oxygen atoms in total. The first-order valence-corrected chi connectivity index (χ1v) is 9.60. The van der Waals surface area contributed by atoms with Crippen LogP contribution in [0.2, 0.25) is 0 Å². The van der Waals surface area contributed by atoms with E-state index in [0.717, 1.165) is 37.1 Å². The van der Waals surface area contributed by atoms with Gasteiger partial charge in [-0.15, -0.1) is 0 Å². The SMILES string of the molecule is C[C@H]1CC=C(c2cccc(CCCN(C)C)c2)N(C(=O)OC(C)(C)C)C1. The van der Waals surface area contributed by atoms with Crippen LogP contribution >= 0.6 is 0 Å². The molecule has 0 spiro atoms. The van der Waals surface area contributed by atoms with E-state index >= 15 is 0 Å². The van der Waals surface area contributed by atoms with Crippen LogP contribution in [0.3, 0.4) is 0 Å². The van der Waals surface area contributed by atoms with Gasteiger partial charge in [0.1, 0.15) is 5.60 Å². The number of carbonyl (C=O) groups is 1. The third kappa shape index (κ3) is 6.17. The molecule has 26 heavy (non-hydrogen) atoms. The second-order valence-corrected chi connectivity index (χ2v) is 8.63. The zero-order chi connectivity index (χ0) is 19.3. The topological polar surface area (TPSA) is 32.8 Å². The minimum Gasteiger partial charge on any atom is -0.443 e. The Morgan fingerprint density at radius 3 is 2.69 bits per heavy atom. The van der Waals surface area contributed by atoms with Crippen LogP contribution in [0.15, 0.2) is 30.3 Å². The Hall–Kier alpha value is -1.81. The van der Waals surface area contributed by atoms with Crippen LogP contribution in [-0.4, -0.2) is 48.7 Å². The molecule has 0 unspecified atom stereocenters. The number of benzene rings is 1. The van der Waals surface area contributed by atoms with Gasteiger partial charge in [0.15, 0.2) is 0 Å². The van der Waals surface area contributed by atoms with Crippen LogP contribution in [0.1, 0.15) is 51.7 Å². The summed E-state index contributed by atoms with van der Waals surface area (Å²) in [7, 11) is 4.20. The molecule has 0 radical (unpaired) electrons. The Labute approximate surface area is 158 Å². The van der Waals surface area contributed by atoms with Crippen molar-refractivity contribution in [3.63, 3.8) is 0 Å². The molecule has 0 N–H and O–H groups in total. The van der Waals surface area contributed by atoms with E-state index in [1.165, 1.54) is 5.56 Å². The highest BCUT2D eigenvalue weighted by Gasteiger charge is 2.29. The van der Waals surface area contributed by atoms with Crippen LogP contribution in [0.25, 0.3) is 5.70 Å². The number of carbonyl (C=O) groups excluding carboxylic acids is 1. The van der Waals surface area contributed by atoms with Crippen LogP contribution in [0.4, 0.5) is 4.79 Å². The van der Waals surface area contributed by atoms with Gasteiger partial charge in [0, 0.05) is 6.54 Å². The third-order valence-electron chi connectivity index (χ3n) is 4.41. The van der Waals surface area contributed by atoms with Crippen molar-refractivity contribution < 1.29 is 9.53 Å². The van der Waals surface area contributed by atoms with Gasteiger partial charge >= 0.3 is 6.09 Å². The monoisotopic (exact) mass is 358 g/mol. The fraction of sp³-hybridized carbons (Fsp3) is 0.591. The molecule has 1 aliphatic rings. The van der Waals surface area contributed by atoms with Crippen molar-refractivity contribution in [1.29, 1.82) is 0 Å². The highest BCUT2D eigenvalue weighted by molar-refractivity contribution is 5.83. The lowest BCUT2D eigenvalue weighted by molar-refractivity contribution is 0.0327. The average Bonchev–Trinajstić information content (AvgIpc) is 2.53. The summed E-state index contributed by atoms with van der Waals surface area (Å²) in [6.45, 7) is 9.68. The Morgan fingerprint density at radius 2 is 2.04 bits per heavy atom. The zero-order valence-electron chi connectivity index (χ0n) is 17.2. The van der Waals surface area contributed by atoms with E-state index in [4.69, 9.17) is 4.74 Å². The molecule has 1 aromatic rings. The van der Waals surface area contributed by atoms with Gasteiger partial charge in [-0.3, -0.25) is 4.90 Å². The minimum absolute atomic E-state index is 0.256. The summed E-state index contributed by atoms with van der Waals surface area (Å²) in [4.78, 5) is 16.7. The van der Waals surface area contributed by atoms with Gasteiger partial charge in [0.25, 0.3) is 0 Å². The van der Waals surface area contributed by atoms with Crippen molar-refractivity contribution in [2.45, 2.75) is 52.6 Å². The smallest absolute Gasteiger partial charge is 0.414 e. The summed E-state index contributed by atoms with van der Waals surface area (Å²) in [5, 5.41) is 0. The molecule has 2 rings (SSSR count). The lowest BCUT2D eigenvalue weighted by Gasteiger charge is -2.34. The Bertz CT molecular complexity index is 644. The number of hydrogen-bond acceptors (Lipinski definition) is 3. The molecule has 1 atom stereocenters. The van der Waals surface area contributed by atoms with Crippen LogP contribution in [0.5, 0.6) is 0 Å². The molecule has 1 aliphatic heterocycles. The maximum atomic E-state index is 12.7. The summed E-state index contributed by atoms with van der Waals surface area (Å²) in [5.74, 6) is 0.439. The molecule has 144 valence electrons. The van der Waals surface area contributed by atoms with Crippen molar-refractivity contribution >= 4 is 11.8 Å². The first-order valence-electron chi connectivity index (χ1n) is 9.60. The van der Waals surface area contributed by atoms with E-state index < -0.39 is 5.60 Å². The predicted octanol–water partition coefficient (Wildman–Crippen LogP) is 4.80. The van der Waals surface area contributed by atoms with Crippen molar-refractivity contribution in [3.05, 3.63) is 41.5 Å². The lowest BCUT2D eigenvalue weighted by atomic mass is 9.97. The number of hydrogen-bond donors (Lipinski definition) is 0. The number of amides is 1. The first-order chi connectivity index (χ1) is 12.2. The number of allylic oxidation sites excluding steroid dienone is 1. The number of aryl methyl sites for hydroxylation is 1. The van der Waals surface area contributed by atoms with Gasteiger partial charge in [-0.1, -0.05) is 31.2 Å². The second kappa shape index (κ2) is 8.72. The maximum Gasteiger partial charge on any atom is 0.414 e. The Balaban J connectivity index is 2.19. The standard InChI is InChI=1S/C22H34N2O2/c1-17-12-13-20(24(16-17)21(25)26-22(2,3)4)19-11-7-9-18(15-19)10-8-14-23(5)6/h7,9,11,13,15,17H,8,10,12,14,16H2,1-6H3/t17-/m0/s1. The summed E-state index contributed by atoms with van der Waals surface area (Å²) in [6, 6.07) is 8.57. The van der Waals surface area contributed by atoms with E-state index in [1.54, 1.807) is 4.90 Å². The van der Waals surface area contributed by atoms with Gasteiger partial charge in [-0.2, -0.15) is 0 Å². The molecule has 1 aromatic carbocycles. The lowest BCUT2D eigenvalue weighted by Crippen LogP contribution is -2.39. The largest absolute Gasteiger partial charge is 0.443 e. The van der Waals surface area contributed by atoms with Gasteiger partial charge < -0.3 is 9.64 Å². The molecule has 0 saturated heterocycles. The van der Waals surface area contributed by atoms with Crippen LogP contribution in [0, 0.1) is 5.92 Å². The molecule has 0 fully saturated rings. The molecule has 4 heteroatoms. The summed E-state index contributed by atoms with van der Waals surface area (Å²) in [6.07, 6.45) is 5.08. The number of ether oxygens (including phenoxy) is 1. The fourth-order valence-corrected chi connectivity index (χ4v) is 3.16. The van der Waals surface area contributed by atoms with Gasteiger partial charge in [-0.25, -0.2) is 4.79 Å². The van der Waals surface area contributed by atoms with Gasteiger partial charge in [0.2, 0.25) is 0 Å². The molecule has 1 heterocycles. The predicted molar refractivity (Wildman–Crippen MR) is 108 cm³/mol. The highest BCUT2D eigenvalue weighted by Crippen LogP contribution is 2.29. The quantitative estimate of drug-likeness (QED) is 0.758. The minimum atomic E-state index is -0.489. The Kier molecular flexibility index (Phi) is 6.87. The van der Waals surface area contributed by atoms with E-state index in [9.17, 15) is 4.79 Å². The molecule has 1 amide bonds. The first kappa shape index (κ1) is 20.5. The molecule has 0 aromatic heterocycles. The van der Waals surface area contributed by atoms with Crippen LogP contribution in [-0.2, 0) is 11.2 Å².